The molecule has 11 heteroatoms. The van der Waals surface area contributed by atoms with E-state index < -0.39 is 67.4 Å². The summed E-state index contributed by atoms with van der Waals surface area (Å²) in [6.07, 6.45) is 66.2. The molecule has 1 aliphatic rings. The Morgan fingerprint density at radius 2 is 0.878 bits per heavy atom. The number of hydrogen-bond donors (Lipinski definition) is 6. The topological polar surface area (TPSA) is 175 Å². The van der Waals surface area contributed by atoms with E-state index in [-0.39, 0.29) is 19.4 Å². The van der Waals surface area contributed by atoms with Gasteiger partial charge in [-0.25, -0.2) is 0 Å². The zero-order chi connectivity index (χ0) is 59.6. The molecule has 1 aliphatic heterocycles. The van der Waals surface area contributed by atoms with Crippen LogP contribution in [-0.2, 0) is 23.8 Å². The van der Waals surface area contributed by atoms with Gasteiger partial charge in [0.25, 0.3) is 0 Å². The number of rotatable bonds is 57. The molecule has 0 saturated carbocycles. The molecule has 0 spiro atoms. The number of allylic oxidation sites excluding steroid dienone is 13. The summed E-state index contributed by atoms with van der Waals surface area (Å²) in [6.45, 7) is 5.68. The number of hydrogen-bond acceptors (Lipinski definition) is 10. The summed E-state index contributed by atoms with van der Waals surface area (Å²) >= 11 is 0. The Labute approximate surface area is 502 Å². The van der Waals surface area contributed by atoms with E-state index in [4.69, 9.17) is 14.2 Å². The second kappa shape index (κ2) is 58.2. The lowest BCUT2D eigenvalue weighted by Crippen LogP contribution is -2.61. The van der Waals surface area contributed by atoms with Crippen molar-refractivity contribution in [2.75, 3.05) is 13.2 Å². The van der Waals surface area contributed by atoms with Gasteiger partial charge in [0.15, 0.2) is 12.4 Å². The molecule has 0 aromatic rings. The Hall–Kier alpha value is -3.16. The number of esters is 1. The zero-order valence-electron chi connectivity index (χ0n) is 52.6. The average molecular weight is 1150 g/mol. The van der Waals surface area contributed by atoms with E-state index in [1.165, 1.54) is 148 Å². The van der Waals surface area contributed by atoms with Crippen LogP contribution in [0.5, 0.6) is 0 Å². The predicted octanol–water partition coefficient (Wildman–Crippen LogP) is 16.9. The highest BCUT2D eigenvalue weighted by Gasteiger charge is 2.47. The van der Waals surface area contributed by atoms with Gasteiger partial charge >= 0.3 is 5.97 Å². The molecular weight excluding hydrogens is 1030 g/mol. The lowest BCUT2D eigenvalue weighted by molar-refractivity contribution is -0.305. The van der Waals surface area contributed by atoms with Gasteiger partial charge in [-0.15, -0.1) is 0 Å². The summed E-state index contributed by atoms with van der Waals surface area (Å²) in [5.74, 6) is -1.21. The lowest BCUT2D eigenvalue weighted by atomic mass is 9.99. The molecule has 0 aromatic heterocycles. The van der Waals surface area contributed by atoms with Gasteiger partial charge in [-0.1, -0.05) is 273 Å². The molecule has 1 saturated heterocycles. The van der Waals surface area contributed by atoms with E-state index in [0.717, 1.165) is 96.3 Å². The first-order chi connectivity index (χ1) is 40.2. The van der Waals surface area contributed by atoms with Crippen molar-refractivity contribution in [3.8, 4) is 0 Å². The number of carbonyl (C=O) groups excluding carboxylic acids is 2. The molecule has 1 heterocycles. The Kier molecular flexibility index (Phi) is 54.6. The van der Waals surface area contributed by atoms with E-state index >= 15 is 0 Å². The van der Waals surface area contributed by atoms with Gasteiger partial charge in [-0.2, -0.15) is 0 Å². The molecule has 1 rings (SSSR count). The smallest absolute Gasteiger partial charge is 0.306 e. The van der Waals surface area contributed by atoms with Crippen molar-refractivity contribution in [2.24, 2.45) is 0 Å². The first-order valence-electron chi connectivity index (χ1n) is 33.9. The van der Waals surface area contributed by atoms with E-state index in [0.29, 0.717) is 12.8 Å². The second-order valence-corrected chi connectivity index (χ2v) is 23.2. The molecule has 1 amide bonds. The molecule has 0 aromatic carbocycles. The fourth-order valence-electron chi connectivity index (χ4n) is 10.2. The summed E-state index contributed by atoms with van der Waals surface area (Å²) in [4.78, 5) is 26.6. The highest BCUT2D eigenvalue weighted by Crippen LogP contribution is 2.26. The highest BCUT2D eigenvalue weighted by atomic mass is 16.7. The Balaban J connectivity index is 2.64. The SMILES string of the molecule is CC/C=C\C/C=C\C/C=C\C/C=C\C/C=C\CCCCCCC(O)C(=O)NC(COC1OC(CO)C(O)C(O)C1OC(=O)CCCCCCCCCCCCC/C=C/CCCCCCCC)C(O)/C=C/CCCCCCCCCCCC. The number of aliphatic hydroxyl groups is 5. The third kappa shape index (κ3) is 45.2. The Morgan fingerprint density at radius 1 is 0.488 bits per heavy atom. The summed E-state index contributed by atoms with van der Waals surface area (Å²) in [7, 11) is 0. The van der Waals surface area contributed by atoms with Crippen molar-refractivity contribution < 1.29 is 49.3 Å². The average Bonchev–Trinajstić information content (AvgIpc) is 3.66. The number of amides is 1. The van der Waals surface area contributed by atoms with Gasteiger partial charge in [0, 0.05) is 6.42 Å². The summed E-state index contributed by atoms with van der Waals surface area (Å²) in [6, 6.07) is -1.04. The normalized spacial score (nSPS) is 19.1. The minimum absolute atomic E-state index is 0.118. The van der Waals surface area contributed by atoms with Crippen LogP contribution in [-0.4, -0.2) is 99.6 Å². The lowest BCUT2D eigenvalue weighted by Gasteiger charge is -2.41. The fourth-order valence-corrected chi connectivity index (χ4v) is 10.2. The molecule has 8 unspecified atom stereocenters. The van der Waals surface area contributed by atoms with Gasteiger partial charge < -0.3 is 45.1 Å². The summed E-state index contributed by atoms with van der Waals surface area (Å²) in [5.41, 5.74) is 0. The maximum Gasteiger partial charge on any atom is 0.306 e. The summed E-state index contributed by atoms with van der Waals surface area (Å²) in [5, 5.41) is 57.1. The van der Waals surface area contributed by atoms with Crippen LogP contribution < -0.4 is 5.32 Å². The van der Waals surface area contributed by atoms with Gasteiger partial charge in [-0.05, 0) is 96.3 Å². The number of nitrogens with one attached hydrogen (secondary N) is 1. The molecule has 474 valence electrons. The maximum absolute atomic E-state index is 13.5. The third-order valence-corrected chi connectivity index (χ3v) is 15.5. The van der Waals surface area contributed by atoms with Gasteiger partial charge in [0.2, 0.25) is 5.91 Å². The van der Waals surface area contributed by atoms with E-state index in [2.05, 4.69) is 99.0 Å². The third-order valence-electron chi connectivity index (χ3n) is 15.5. The quantitative estimate of drug-likeness (QED) is 0.0195. The van der Waals surface area contributed by atoms with Crippen molar-refractivity contribution in [1.82, 2.24) is 5.32 Å². The van der Waals surface area contributed by atoms with E-state index in [9.17, 15) is 35.1 Å². The second-order valence-electron chi connectivity index (χ2n) is 23.2. The standard InChI is InChI=1S/C71H125NO10/c1-4-7-10-13-16-19-22-25-27-29-31-33-35-37-39-41-44-47-50-53-56-59-66(76)82-69-68(78)67(77)65(60-73)81-71(69)80-61-62(63(74)57-54-51-48-45-42-24-21-18-15-12-9-6-3)72-70(79)64(75)58-55-52-49-46-43-40-38-36-34-32-30-28-26-23-20-17-14-11-8-5-2/h8,11,17,20,25-28,32,34,38,40,54,57,62-65,67-69,71,73-75,77-78H,4-7,9-10,12-16,18-19,21-24,29-31,33,35-37,39,41-53,55-56,58-61H2,1-3H3,(H,72,79)/b11-8-,20-17-,27-25+,28-26-,34-32-,40-38-,57-54+. The first-order valence-corrected chi connectivity index (χ1v) is 33.9. The molecule has 1 fully saturated rings. The van der Waals surface area contributed by atoms with E-state index in [1.54, 1.807) is 6.08 Å². The van der Waals surface area contributed by atoms with Crippen molar-refractivity contribution in [1.29, 1.82) is 0 Å². The van der Waals surface area contributed by atoms with Crippen LogP contribution in [0, 0.1) is 0 Å². The van der Waals surface area contributed by atoms with Crippen LogP contribution in [0.15, 0.2) is 85.1 Å². The van der Waals surface area contributed by atoms with Crippen molar-refractivity contribution in [2.45, 2.75) is 339 Å². The Bertz CT molecular complexity index is 1660. The fraction of sp³-hybridized carbons (Fsp3) is 0.775. The van der Waals surface area contributed by atoms with Crippen molar-refractivity contribution in [3.05, 3.63) is 85.1 Å². The number of unbranched alkanes of at least 4 members (excludes halogenated alkanes) is 31. The van der Waals surface area contributed by atoms with Gasteiger partial charge in [0.1, 0.15) is 24.4 Å². The molecule has 0 aliphatic carbocycles. The van der Waals surface area contributed by atoms with Gasteiger partial charge in [-0.3, -0.25) is 9.59 Å². The number of ether oxygens (including phenoxy) is 3. The summed E-state index contributed by atoms with van der Waals surface area (Å²) < 4.78 is 17.7. The molecule has 0 radical (unpaired) electrons. The van der Waals surface area contributed by atoms with Crippen LogP contribution in [0.2, 0.25) is 0 Å². The molecule has 6 N–H and O–H groups in total. The molecule has 0 bridgehead atoms. The van der Waals surface area contributed by atoms with E-state index in [1.807, 2.05) is 6.08 Å². The largest absolute Gasteiger partial charge is 0.454 e. The number of carbonyl (C=O) groups is 2. The minimum Gasteiger partial charge on any atom is -0.454 e. The monoisotopic (exact) mass is 1150 g/mol. The van der Waals surface area contributed by atoms with Crippen LogP contribution in [0.1, 0.15) is 290 Å². The first kappa shape index (κ1) is 76.9. The van der Waals surface area contributed by atoms with Crippen LogP contribution in [0.4, 0.5) is 0 Å². The number of aliphatic hydroxyl groups excluding tert-OH is 5. The molecule has 11 nitrogen and oxygen atoms in total. The minimum atomic E-state index is -1.62. The Morgan fingerprint density at radius 3 is 1.33 bits per heavy atom. The molecule has 82 heavy (non-hydrogen) atoms. The predicted molar refractivity (Wildman–Crippen MR) is 342 cm³/mol. The highest BCUT2D eigenvalue weighted by molar-refractivity contribution is 5.80. The van der Waals surface area contributed by atoms with Crippen LogP contribution in [0.25, 0.3) is 0 Å². The zero-order valence-corrected chi connectivity index (χ0v) is 52.6. The van der Waals surface area contributed by atoms with Crippen molar-refractivity contribution in [3.63, 3.8) is 0 Å². The van der Waals surface area contributed by atoms with Gasteiger partial charge in [0.05, 0.1) is 25.4 Å². The molecule has 8 atom stereocenters. The van der Waals surface area contributed by atoms with Crippen LogP contribution >= 0.6 is 0 Å². The van der Waals surface area contributed by atoms with Crippen LogP contribution in [0.3, 0.4) is 0 Å². The maximum atomic E-state index is 13.5. The molecular formula is C71H125NO10. The van der Waals surface area contributed by atoms with Crippen molar-refractivity contribution >= 4 is 11.9 Å².